The summed E-state index contributed by atoms with van der Waals surface area (Å²) in [6, 6.07) is 22.6. The average molecular weight is 317 g/mol. The van der Waals surface area contributed by atoms with E-state index in [1.54, 1.807) is 6.20 Å². The zero-order chi connectivity index (χ0) is 16.8. The molecule has 0 aliphatic rings. The van der Waals surface area contributed by atoms with E-state index in [0.717, 1.165) is 27.9 Å². The molecule has 0 radical (unpaired) electrons. The number of benzene rings is 2. The highest BCUT2D eigenvalue weighted by Gasteiger charge is 2.03. The number of aromatic nitrogens is 1. The molecule has 0 aliphatic carbocycles. The molecule has 0 saturated heterocycles. The Morgan fingerprint density at radius 1 is 0.875 bits per heavy atom. The Kier molecular flexibility index (Phi) is 5.02. The summed E-state index contributed by atoms with van der Waals surface area (Å²) in [5.74, 6) is -0.177. The maximum Gasteiger partial charge on any atom is 0.305 e. The molecule has 3 aromatic rings. The summed E-state index contributed by atoms with van der Waals surface area (Å²) in [5.41, 5.74) is 5.53. The van der Waals surface area contributed by atoms with Crippen LogP contribution in [0.4, 0.5) is 0 Å². The molecule has 0 unspecified atom stereocenters. The Morgan fingerprint density at radius 2 is 1.50 bits per heavy atom. The van der Waals surface area contributed by atoms with Crippen molar-refractivity contribution in [2.24, 2.45) is 0 Å². The zero-order valence-corrected chi connectivity index (χ0v) is 13.6. The van der Waals surface area contributed by atoms with Crippen LogP contribution in [0.2, 0.25) is 0 Å². The molecule has 0 fully saturated rings. The predicted octanol–water partition coefficient (Wildman–Crippen LogP) is 4.52. The van der Waals surface area contributed by atoms with Crippen molar-refractivity contribution in [2.75, 3.05) is 7.11 Å². The number of aryl methyl sites for hydroxylation is 1. The van der Waals surface area contributed by atoms with Crippen molar-refractivity contribution in [2.45, 2.75) is 12.8 Å². The quantitative estimate of drug-likeness (QED) is 0.649. The van der Waals surface area contributed by atoms with Gasteiger partial charge in [0.25, 0.3) is 0 Å². The molecule has 0 saturated carbocycles. The highest BCUT2D eigenvalue weighted by Crippen LogP contribution is 2.24. The third-order valence-electron chi connectivity index (χ3n) is 3.98. The van der Waals surface area contributed by atoms with Crippen molar-refractivity contribution < 1.29 is 9.53 Å². The topological polar surface area (TPSA) is 39.2 Å². The van der Waals surface area contributed by atoms with E-state index < -0.39 is 0 Å². The number of ether oxygens (including phenoxy) is 1. The van der Waals surface area contributed by atoms with Crippen LogP contribution < -0.4 is 0 Å². The van der Waals surface area contributed by atoms with Crippen molar-refractivity contribution in [3.8, 4) is 22.4 Å². The Bertz CT molecular complexity index is 794. The van der Waals surface area contributed by atoms with Gasteiger partial charge in [0.15, 0.2) is 0 Å². The van der Waals surface area contributed by atoms with Crippen molar-refractivity contribution in [3.63, 3.8) is 0 Å². The van der Waals surface area contributed by atoms with E-state index in [-0.39, 0.29) is 5.97 Å². The lowest BCUT2D eigenvalue weighted by molar-refractivity contribution is -0.140. The van der Waals surface area contributed by atoms with Crippen LogP contribution in [0.25, 0.3) is 22.4 Å². The number of methoxy groups -OCH3 is 1. The lowest BCUT2D eigenvalue weighted by Crippen LogP contribution is -2.01. The number of hydrogen-bond donors (Lipinski definition) is 0. The Balaban J connectivity index is 1.71. The van der Waals surface area contributed by atoms with Gasteiger partial charge in [0.1, 0.15) is 0 Å². The molecule has 0 atom stereocenters. The van der Waals surface area contributed by atoms with E-state index in [1.165, 1.54) is 7.11 Å². The smallest absolute Gasteiger partial charge is 0.305 e. The van der Waals surface area contributed by atoms with Gasteiger partial charge in [-0.25, -0.2) is 0 Å². The number of nitrogens with zero attached hydrogens (tertiary/aromatic N) is 1. The van der Waals surface area contributed by atoms with Crippen LogP contribution in [0.3, 0.4) is 0 Å². The van der Waals surface area contributed by atoms with Crippen LogP contribution in [0.5, 0.6) is 0 Å². The molecule has 0 amide bonds. The van der Waals surface area contributed by atoms with Gasteiger partial charge in [-0.1, -0.05) is 54.6 Å². The van der Waals surface area contributed by atoms with E-state index in [2.05, 4.69) is 58.3 Å². The molecule has 2 aromatic carbocycles. The summed E-state index contributed by atoms with van der Waals surface area (Å²) in [7, 11) is 1.42. The van der Waals surface area contributed by atoms with Crippen molar-refractivity contribution in [1.29, 1.82) is 0 Å². The number of carbonyl (C=O) groups excluding carboxylic acids is 1. The van der Waals surface area contributed by atoms with Gasteiger partial charge in [0.05, 0.1) is 12.8 Å². The van der Waals surface area contributed by atoms with Gasteiger partial charge < -0.3 is 4.74 Å². The molecule has 0 N–H and O–H groups in total. The van der Waals surface area contributed by atoms with Gasteiger partial charge in [0.2, 0.25) is 0 Å². The number of carbonyl (C=O) groups is 1. The first kappa shape index (κ1) is 15.9. The average Bonchev–Trinajstić information content (AvgIpc) is 2.67. The minimum Gasteiger partial charge on any atom is -0.469 e. The number of rotatable bonds is 5. The third-order valence-corrected chi connectivity index (χ3v) is 3.98. The molecule has 24 heavy (non-hydrogen) atoms. The predicted molar refractivity (Wildman–Crippen MR) is 95.4 cm³/mol. The van der Waals surface area contributed by atoms with Gasteiger partial charge in [-0.05, 0) is 35.2 Å². The molecule has 1 aromatic heterocycles. The fourth-order valence-electron chi connectivity index (χ4n) is 2.58. The van der Waals surface area contributed by atoms with E-state index >= 15 is 0 Å². The van der Waals surface area contributed by atoms with Gasteiger partial charge in [-0.15, -0.1) is 0 Å². The van der Waals surface area contributed by atoms with Crippen LogP contribution in [0.1, 0.15) is 12.0 Å². The first-order valence-electron chi connectivity index (χ1n) is 7.94. The second-order valence-corrected chi connectivity index (χ2v) is 5.57. The third kappa shape index (κ3) is 3.87. The summed E-state index contributed by atoms with van der Waals surface area (Å²) in [6.07, 6.45) is 2.91. The molecule has 120 valence electrons. The minimum atomic E-state index is -0.177. The fourth-order valence-corrected chi connectivity index (χ4v) is 2.58. The summed E-state index contributed by atoms with van der Waals surface area (Å²) in [4.78, 5) is 15.6. The van der Waals surface area contributed by atoms with E-state index in [4.69, 9.17) is 0 Å². The molecule has 3 heteroatoms. The summed E-state index contributed by atoms with van der Waals surface area (Å²) in [5, 5.41) is 0. The first-order valence-corrected chi connectivity index (χ1v) is 7.94. The lowest BCUT2D eigenvalue weighted by atomic mass is 10.0. The van der Waals surface area contributed by atoms with Crippen LogP contribution in [-0.4, -0.2) is 18.1 Å². The minimum absolute atomic E-state index is 0.177. The van der Waals surface area contributed by atoms with E-state index in [1.807, 2.05) is 18.2 Å². The van der Waals surface area contributed by atoms with Gasteiger partial charge in [-0.2, -0.15) is 0 Å². The lowest BCUT2D eigenvalue weighted by Gasteiger charge is -2.06. The summed E-state index contributed by atoms with van der Waals surface area (Å²) >= 11 is 0. The van der Waals surface area contributed by atoms with Crippen LogP contribution in [0.15, 0.2) is 72.9 Å². The second-order valence-electron chi connectivity index (χ2n) is 5.57. The summed E-state index contributed by atoms with van der Waals surface area (Å²) in [6.45, 7) is 0. The SMILES string of the molecule is COC(=O)CCc1ccc(-c2ccc(-c3ccccn3)cc2)cc1. The normalized spacial score (nSPS) is 10.4. The zero-order valence-electron chi connectivity index (χ0n) is 13.6. The summed E-state index contributed by atoms with van der Waals surface area (Å²) < 4.78 is 4.67. The highest BCUT2D eigenvalue weighted by molar-refractivity contribution is 5.70. The van der Waals surface area contributed by atoms with E-state index in [0.29, 0.717) is 12.8 Å². The Morgan fingerprint density at radius 3 is 2.08 bits per heavy atom. The van der Waals surface area contributed by atoms with Crippen LogP contribution in [0, 0.1) is 0 Å². The Hall–Kier alpha value is -2.94. The number of pyridine rings is 1. The standard InChI is InChI=1S/C21H19NO2/c1-24-21(23)14-7-16-5-8-17(9-6-16)18-10-12-19(13-11-18)20-4-2-3-15-22-20/h2-6,8-13,15H,7,14H2,1H3. The van der Waals surface area contributed by atoms with Gasteiger partial charge in [0, 0.05) is 18.2 Å². The van der Waals surface area contributed by atoms with Crippen molar-refractivity contribution in [1.82, 2.24) is 4.98 Å². The molecule has 3 rings (SSSR count). The van der Waals surface area contributed by atoms with Crippen LogP contribution in [-0.2, 0) is 16.0 Å². The fraction of sp³-hybridized carbons (Fsp3) is 0.143. The molecule has 0 bridgehead atoms. The largest absolute Gasteiger partial charge is 0.469 e. The molecule has 1 heterocycles. The molecule has 0 spiro atoms. The number of hydrogen-bond acceptors (Lipinski definition) is 3. The second kappa shape index (κ2) is 7.55. The number of esters is 1. The van der Waals surface area contributed by atoms with Crippen LogP contribution >= 0.6 is 0 Å². The highest BCUT2D eigenvalue weighted by atomic mass is 16.5. The maximum atomic E-state index is 11.2. The molecule has 3 nitrogen and oxygen atoms in total. The van der Waals surface area contributed by atoms with Crippen molar-refractivity contribution in [3.05, 3.63) is 78.5 Å². The van der Waals surface area contributed by atoms with Crippen molar-refractivity contribution >= 4 is 5.97 Å². The molecule has 0 aliphatic heterocycles. The van der Waals surface area contributed by atoms with Gasteiger partial charge >= 0.3 is 5.97 Å². The molecular formula is C21H19NO2. The first-order chi connectivity index (χ1) is 11.8. The molecular weight excluding hydrogens is 298 g/mol. The Labute approximate surface area is 142 Å². The monoisotopic (exact) mass is 317 g/mol. The maximum absolute atomic E-state index is 11.2. The van der Waals surface area contributed by atoms with Gasteiger partial charge in [-0.3, -0.25) is 9.78 Å². The van der Waals surface area contributed by atoms with E-state index in [9.17, 15) is 4.79 Å².